The van der Waals surface area contributed by atoms with Gasteiger partial charge in [0.15, 0.2) is 0 Å². The van der Waals surface area contributed by atoms with Gasteiger partial charge in [-0.25, -0.2) is 0 Å². The summed E-state index contributed by atoms with van der Waals surface area (Å²) in [5.74, 6) is 0.905. The van der Waals surface area contributed by atoms with Crippen molar-refractivity contribution in [2.75, 3.05) is 39.3 Å². The van der Waals surface area contributed by atoms with Crippen LogP contribution in [0, 0.1) is 5.92 Å². The highest BCUT2D eigenvalue weighted by molar-refractivity contribution is 4.88. The fourth-order valence-corrected chi connectivity index (χ4v) is 3.99. The number of rotatable bonds is 2. The van der Waals surface area contributed by atoms with Crippen molar-refractivity contribution in [2.24, 2.45) is 5.92 Å². The van der Waals surface area contributed by atoms with E-state index in [0.29, 0.717) is 17.1 Å². The van der Waals surface area contributed by atoms with Gasteiger partial charge < -0.3 is 0 Å². The highest BCUT2D eigenvalue weighted by Gasteiger charge is 2.32. The van der Waals surface area contributed by atoms with Gasteiger partial charge in [0.05, 0.1) is 0 Å². The van der Waals surface area contributed by atoms with E-state index >= 15 is 0 Å². The first-order valence-electron chi connectivity index (χ1n) is 9.31. The maximum absolute atomic E-state index is 2.75. The van der Waals surface area contributed by atoms with Crippen molar-refractivity contribution in [3.63, 3.8) is 0 Å². The number of nitrogens with zero attached hydrogens (tertiary/aromatic N) is 3. The van der Waals surface area contributed by atoms with E-state index in [-0.39, 0.29) is 0 Å². The van der Waals surface area contributed by atoms with Crippen LogP contribution in [0.15, 0.2) is 0 Å². The molecule has 0 N–H and O–H groups in total. The second-order valence-corrected chi connectivity index (χ2v) is 9.56. The Hall–Kier alpha value is -0.120. The van der Waals surface area contributed by atoms with Crippen LogP contribution in [0.4, 0.5) is 0 Å². The molecular formula is C19H39N3. The Kier molecular flexibility index (Phi) is 5.62. The van der Waals surface area contributed by atoms with Gasteiger partial charge in [-0.15, -0.1) is 0 Å². The van der Waals surface area contributed by atoms with Crippen molar-refractivity contribution >= 4 is 0 Å². The lowest BCUT2D eigenvalue weighted by Gasteiger charge is -2.47. The molecule has 0 aromatic rings. The van der Waals surface area contributed by atoms with Crippen LogP contribution >= 0.6 is 0 Å². The molecule has 2 heterocycles. The normalized spacial score (nSPS) is 28.2. The lowest BCUT2D eigenvalue weighted by atomic mass is 9.92. The first-order valence-corrected chi connectivity index (χ1v) is 9.31. The zero-order valence-corrected chi connectivity index (χ0v) is 16.2. The Labute approximate surface area is 139 Å². The second kappa shape index (κ2) is 6.78. The maximum atomic E-state index is 2.75. The molecule has 0 bridgehead atoms. The van der Waals surface area contributed by atoms with E-state index < -0.39 is 0 Å². The fraction of sp³-hybridized carbons (Fsp3) is 1.00. The van der Waals surface area contributed by atoms with Crippen LogP contribution in [0.5, 0.6) is 0 Å². The Bertz CT molecular complexity index is 345. The topological polar surface area (TPSA) is 9.72 Å². The standard InChI is InChI=1S/C19H39N3/c1-16-14-22(19(5,6)7)13-12-20(16)15-17-8-10-21(11-9-17)18(2,3)4/h16-17H,8-15H2,1-7H3/t16-/m1/s1. The molecule has 2 rings (SSSR count). The predicted octanol–water partition coefficient (Wildman–Crippen LogP) is 3.30. The van der Waals surface area contributed by atoms with Gasteiger partial charge in [0.2, 0.25) is 0 Å². The third-order valence-corrected chi connectivity index (χ3v) is 5.77. The summed E-state index contributed by atoms with van der Waals surface area (Å²) >= 11 is 0. The summed E-state index contributed by atoms with van der Waals surface area (Å²) in [6, 6.07) is 0.702. The lowest BCUT2D eigenvalue weighted by Crippen LogP contribution is -2.58. The van der Waals surface area contributed by atoms with Gasteiger partial charge in [-0.2, -0.15) is 0 Å². The minimum atomic E-state index is 0.318. The highest BCUT2D eigenvalue weighted by Crippen LogP contribution is 2.26. The average molecular weight is 310 g/mol. The van der Waals surface area contributed by atoms with E-state index in [4.69, 9.17) is 0 Å². The molecule has 0 aromatic heterocycles. The molecule has 130 valence electrons. The van der Waals surface area contributed by atoms with E-state index in [1.165, 1.54) is 52.1 Å². The maximum Gasteiger partial charge on any atom is 0.0195 e. The summed E-state index contributed by atoms with van der Waals surface area (Å²) in [5, 5.41) is 0. The molecule has 0 amide bonds. The Balaban J connectivity index is 1.79. The third-order valence-electron chi connectivity index (χ3n) is 5.77. The summed E-state index contributed by atoms with van der Waals surface area (Å²) in [4.78, 5) is 8.06. The number of hydrogen-bond donors (Lipinski definition) is 0. The zero-order chi connectivity index (χ0) is 16.5. The number of hydrogen-bond acceptors (Lipinski definition) is 3. The molecule has 3 nitrogen and oxygen atoms in total. The monoisotopic (exact) mass is 309 g/mol. The van der Waals surface area contributed by atoms with Crippen LogP contribution in [0.1, 0.15) is 61.3 Å². The summed E-state index contributed by atoms with van der Waals surface area (Å²) in [6.45, 7) is 24.1. The van der Waals surface area contributed by atoms with Crippen LogP contribution in [-0.2, 0) is 0 Å². The van der Waals surface area contributed by atoms with Gasteiger partial charge in [-0.1, -0.05) is 0 Å². The van der Waals surface area contributed by atoms with Gasteiger partial charge in [-0.3, -0.25) is 14.7 Å². The van der Waals surface area contributed by atoms with Gasteiger partial charge in [0.1, 0.15) is 0 Å². The average Bonchev–Trinajstić information content (AvgIpc) is 2.39. The third kappa shape index (κ3) is 4.69. The van der Waals surface area contributed by atoms with Crippen molar-refractivity contribution in [2.45, 2.75) is 78.4 Å². The van der Waals surface area contributed by atoms with Gasteiger partial charge in [-0.05, 0) is 80.3 Å². The minimum absolute atomic E-state index is 0.318. The molecule has 0 radical (unpaired) electrons. The van der Waals surface area contributed by atoms with Crippen LogP contribution in [0.3, 0.4) is 0 Å². The van der Waals surface area contributed by atoms with Crippen LogP contribution in [-0.4, -0.2) is 71.1 Å². The van der Waals surface area contributed by atoms with E-state index in [2.05, 4.69) is 63.2 Å². The van der Waals surface area contributed by atoms with Crippen molar-refractivity contribution in [1.82, 2.24) is 14.7 Å². The molecule has 0 spiro atoms. The van der Waals surface area contributed by atoms with E-state index in [1.54, 1.807) is 0 Å². The first-order chi connectivity index (χ1) is 10.1. The van der Waals surface area contributed by atoms with Gasteiger partial charge >= 0.3 is 0 Å². The quantitative estimate of drug-likeness (QED) is 0.775. The molecule has 0 unspecified atom stereocenters. The lowest BCUT2D eigenvalue weighted by molar-refractivity contribution is 0.00985. The zero-order valence-electron chi connectivity index (χ0n) is 16.2. The molecule has 3 heteroatoms. The highest BCUT2D eigenvalue weighted by atomic mass is 15.3. The Morgan fingerprint density at radius 3 is 1.77 bits per heavy atom. The summed E-state index contributed by atoms with van der Waals surface area (Å²) < 4.78 is 0. The fourth-order valence-electron chi connectivity index (χ4n) is 3.99. The molecule has 2 fully saturated rings. The molecule has 22 heavy (non-hydrogen) atoms. The van der Waals surface area contributed by atoms with E-state index in [1.807, 2.05) is 0 Å². The van der Waals surface area contributed by atoms with Gasteiger partial charge in [0, 0.05) is 43.3 Å². The van der Waals surface area contributed by atoms with Crippen molar-refractivity contribution < 1.29 is 0 Å². The van der Waals surface area contributed by atoms with Crippen molar-refractivity contribution in [3.05, 3.63) is 0 Å². The van der Waals surface area contributed by atoms with E-state index in [0.717, 1.165) is 5.92 Å². The number of likely N-dealkylation sites (tertiary alicyclic amines) is 1. The van der Waals surface area contributed by atoms with Crippen LogP contribution < -0.4 is 0 Å². The largest absolute Gasteiger partial charge is 0.298 e. The van der Waals surface area contributed by atoms with Crippen LogP contribution in [0.25, 0.3) is 0 Å². The Morgan fingerprint density at radius 2 is 1.32 bits per heavy atom. The summed E-state index contributed by atoms with van der Waals surface area (Å²) in [6.07, 6.45) is 2.76. The molecule has 2 aliphatic rings. The molecule has 0 aromatic carbocycles. The summed E-state index contributed by atoms with van der Waals surface area (Å²) in [5.41, 5.74) is 0.662. The van der Waals surface area contributed by atoms with E-state index in [9.17, 15) is 0 Å². The number of piperidine rings is 1. The second-order valence-electron chi connectivity index (χ2n) is 9.56. The Morgan fingerprint density at radius 1 is 0.773 bits per heavy atom. The first kappa shape index (κ1) is 18.2. The number of piperazine rings is 1. The summed E-state index contributed by atoms with van der Waals surface area (Å²) in [7, 11) is 0. The molecule has 0 aliphatic carbocycles. The molecule has 0 saturated carbocycles. The smallest absolute Gasteiger partial charge is 0.0195 e. The van der Waals surface area contributed by atoms with Gasteiger partial charge in [0.25, 0.3) is 0 Å². The predicted molar refractivity (Wildman–Crippen MR) is 96.4 cm³/mol. The SMILES string of the molecule is C[C@@H]1CN(C(C)(C)C)CCN1CC1CCN(C(C)(C)C)CC1. The molecule has 2 saturated heterocycles. The minimum Gasteiger partial charge on any atom is -0.298 e. The van der Waals surface area contributed by atoms with Crippen LogP contribution in [0.2, 0.25) is 0 Å². The molecule has 1 atom stereocenters. The van der Waals surface area contributed by atoms with Crippen molar-refractivity contribution in [3.8, 4) is 0 Å². The molecule has 2 aliphatic heterocycles. The molecular weight excluding hydrogens is 270 g/mol. The van der Waals surface area contributed by atoms with Crippen molar-refractivity contribution in [1.29, 1.82) is 0 Å².